The van der Waals surface area contributed by atoms with Crippen molar-refractivity contribution in [3.8, 4) is 0 Å². The van der Waals surface area contributed by atoms with Crippen LogP contribution in [-0.2, 0) is 19.4 Å². The van der Waals surface area contributed by atoms with Crippen molar-refractivity contribution in [1.29, 1.82) is 0 Å². The van der Waals surface area contributed by atoms with E-state index in [1.54, 1.807) is 0 Å². The van der Waals surface area contributed by atoms with Crippen LogP contribution in [0.25, 0.3) is 10.8 Å². The monoisotopic (exact) mass is 375 g/mol. The van der Waals surface area contributed by atoms with Crippen LogP contribution < -0.4 is 5.73 Å². The minimum atomic E-state index is -3.68. The molecule has 1 fully saturated rings. The van der Waals surface area contributed by atoms with Crippen molar-refractivity contribution in [3.05, 3.63) is 48.0 Å². The van der Waals surface area contributed by atoms with Gasteiger partial charge in [-0.2, -0.15) is 0 Å². The van der Waals surface area contributed by atoms with Crippen LogP contribution in [0.1, 0.15) is 31.7 Å². The summed E-state index contributed by atoms with van der Waals surface area (Å²) in [6.45, 7) is 3.78. The Labute approximate surface area is 154 Å². The van der Waals surface area contributed by atoms with E-state index in [2.05, 4.69) is 6.07 Å². The summed E-state index contributed by atoms with van der Waals surface area (Å²) in [5.74, 6) is -1.03. The second kappa shape index (κ2) is 7.00. The summed E-state index contributed by atoms with van der Waals surface area (Å²) >= 11 is 0. The number of rotatable bonds is 5. The van der Waals surface area contributed by atoms with Gasteiger partial charge in [0, 0.05) is 12.5 Å². The summed E-state index contributed by atoms with van der Waals surface area (Å²) in [7, 11) is -3.68. The normalized spacial score (nSPS) is 21.6. The van der Waals surface area contributed by atoms with E-state index < -0.39 is 20.5 Å². The Morgan fingerprint density at radius 3 is 2.62 bits per heavy atom. The number of primary amides is 1. The number of fused-ring (bicyclic) bond motifs is 1. The van der Waals surface area contributed by atoms with Crippen molar-refractivity contribution < 1.29 is 17.9 Å². The minimum Gasteiger partial charge on any atom is -0.381 e. The highest BCUT2D eigenvalue weighted by atomic mass is 32.2. The molecule has 1 aliphatic rings. The molecular weight excluding hydrogens is 350 g/mol. The summed E-state index contributed by atoms with van der Waals surface area (Å²) in [6, 6.07) is 14.1. The Morgan fingerprint density at radius 2 is 1.88 bits per heavy atom. The molecule has 3 rings (SSSR count). The van der Waals surface area contributed by atoms with Crippen LogP contribution in [0.3, 0.4) is 0 Å². The van der Waals surface area contributed by atoms with Gasteiger partial charge in [0.05, 0.1) is 12.4 Å². The largest absolute Gasteiger partial charge is 0.381 e. The zero-order valence-electron chi connectivity index (χ0n) is 15.1. The number of hydrogen-bond acceptors (Lipinski definition) is 4. The highest BCUT2D eigenvalue weighted by molar-refractivity contribution is 7.93. The smallest absolute Gasteiger partial charge is 0.238 e. The fourth-order valence-corrected chi connectivity index (χ4v) is 5.23. The lowest BCUT2D eigenvalue weighted by molar-refractivity contribution is -0.119. The molecule has 2 unspecified atom stereocenters. The van der Waals surface area contributed by atoms with Gasteiger partial charge in [0.15, 0.2) is 9.84 Å². The Hall–Kier alpha value is -1.92. The van der Waals surface area contributed by atoms with E-state index in [9.17, 15) is 13.2 Å². The number of sulfone groups is 1. The molecule has 2 atom stereocenters. The second-order valence-corrected chi connectivity index (χ2v) is 10.0. The molecule has 1 aliphatic heterocycles. The molecule has 6 heteroatoms. The fraction of sp³-hybridized carbons (Fsp3) is 0.450. The van der Waals surface area contributed by atoms with E-state index >= 15 is 0 Å². The first kappa shape index (κ1) is 18.9. The Kier molecular flexibility index (Phi) is 5.08. The van der Waals surface area contributed by atoms with Crippen LogP contribution in [0.5, 0.6) is 0 Å². The SMILES string of the molecule is CC(C)(C(N)=O)S(=O)(=O)CC1CCOCC1c1cccc2ccccc12. The molecule has 0 aliphatic carbocycles. The van der Waals surface area contributed by atoms with Crippen LogP contribution in [-0.4, -0.2) is 38.0 Å². The van der Waals surface area contributed by atoms with Gasteiger partial charge in [-0.25, -0.2) is 8.42 Å². The van der Waals surface area contributed by atoms with Crippen molar-refractivity contribution in [2.45, 2.75) is 30.9 Å². The molecule has 0 spiro atoms. The second-order valence-electron chi connectivity index (χ2n) is 7.45. The van der Waals surface area contributed by atoms with E-state index in [1.165, 1.54) is 13.8 Å². The molecular formula is C20H25NO4S. The quantitative estimate of drug-likeness (QED) is 0.870. The highest BCUT2D eigenvalue weighted by Gasteiger charge is 2.43. The molecule has 5 nitrogen and oxygen atoms in total. The fourth-order valence-electron chi connectivity index (χ4n) is 3.54. The molecule has 1 amide bonds. The summed E-state index contributed by atoms with van der Waals surface area (Å²) in [4.78, 5) is 11.7. The first-order valence-electron chi connectivity index (χ1n) is 8.81. The van der Waals surface area contributed by atoms with Crippen LogP contribution in [0.2, 0.25) is 0 Å². The summed E-state index contributed by atoms with van der Waals surface area (Å²) in [5, 5.41) is 2.23. The van der Waals surface area contributed by atoms with Gasteiger partial charge in [-0.05, 0) is 42.5 Å². The zero-order valence-corrected chi connectivity index (χ0v) is 16.0. The predicted molar refractivity (Wildman–Crippen MR) is 103 cm³/mol. The lowest BCUT2D eigenvalue weighted by Crippen LogP contribution is -2.48. The average Bonchev–Trinajstić information content (AvgIpc) is 2.61. The minimum absolute atomic E-state index is 0.0340. The van der Waals surface area contributed by atoms with Gasteiger partial charge in [0.25, 0.3) is 0 Å². The number of hydrogen-bond donors (Lipinski definition) is 1. The molecule has 26 heavy (non-hydrogen) atoms. The maximum absolute atomic E-state index is 12.9. The Morgan fingerprint density at radius 1 is 1.19 bits per heavy atom. The summed E-state index contributed by atoms with van der Waals surface area (Å²) in [5.41, 5.74) is 6.44. The van der Waals surface area contributed by atoms with Crippen molar-refractivity contribution in [1.82, 2.24) is 0 Å². The third-order valence-electron chi connectivity index (χ3n) is 5.53. The van der Waals surface area contributed by atoms with Gasteiger partial charge in [-0.1, -0.05) is 42.5 Å². The summed E-state index contributed by atoms with van der Waals surface area (Å²) in [6.07, 6.45) is 0.641. The van der Waals surface area contributed by atoms with Crippen LogP contribution in [0.15, 0.2) is 42.5 Å². The third-order valence-corrected chi connectivity index (χ3v) is 8.15. The molecule has 1 heterocycles. The lowest BCUT2D eigenvalue weighted by Gasteiger charge is -2.34. The summed E-state index contributed by atoms with van der Waals surface area (Å²) < 4.78 is 29.8. The predicted octanol–water partition coefficient (Wildman–Crippen LogP) is 2.64. The highest BCUT2D eigenvalue weighted by Crippen LogP contribution is 2.37. The molecule has 0 radical (unpaired) electrons. The van der Waals surface area contributed by atoms with Crippen LogP contribution in [0, 0.1) is 5.92 Å². The van der Waals surface area contributed by atoms with E-state index in [0.717, 1.165) is 16.3 Å². The number of amides is 1. The maximum atomic E-state index is 12.9. The van der Waals surface area contributed by atoms with E-state index in [1.807, 2.05) is 36.4 Å². The van der Waals surface area contributed by atoms with Gasteiger partial charge in [-0.15, -0.1) is 0 Å². The average molecular weight is 375 g/mol. The van der Waals surface area contributed by atoms with Crippen molar-refractivity contribution in [2.24, 2.45) is 11.7 Å². The van der Waals surface area contributed by atoms with Crippen molar-refractivity contribution in [3.63, 3.8) is 0 Å². The van der Waals surface area contributed by atoms with Gasteiger partial charge in [-0.3, -0.25) is 4.79 Å². The molecule has 140 valence electrons. The topological polar surface area (TPSA) is 86.5 Å². The van der Waals surface area contributed by atoms with Crippen molar-refractivity contribution in [2.75, 3.05) is 19.0 Å². The molecule has 1 saturated heterocycles. The number of carbonyl (C=O) groups is 1. The van der Waals surface area contributed by atoms with Crippen LogP contribution >= 0.6 is 0 Å². The first-order chi connectivity index (χ1) is 12.2. The Balaban J connectivity index is 1.98. The van der Waals surface area contributed by atoms with Gasteiger partial charge in [0.2, 0.25) is 5.91 Å². The van der Waals surface area contributed by atoms with E-state index in [-0.39, 0.29) is 17.6 Å². The Bertz CT molecular complexity index is 915. The third kappa shape index (κ3) is 3.35. The van der Waals surface area contributed by atoms with Gasteiger partial charge >= 0.3 is 0 Å². The molecule has 2 aromatic rings. The zero-order chi connectivity index (χ0) is 18.9. The van der Waals surface area contributed by atoms with E-state index in [0.29, 0.717) is 19.6 Å². The molecule has 2 aromatic carbocycles. The maximum Gasteiger partial charge on any atom is 0.238 e. The standard InChI is InChI=1S/C20H25NO4S/c1-20(2,19(21)22)26(23,24)13-15-10-11-25-12-18(15)17-9-5-7-14-6-3-4-8-16(14)17/h3-9,15,18H,10-13H2,1-2H3,(H2,21,22). The van der Waals surface area contributed by atoms with Gasteiger partial charge < -0.3 is 10.5 Å². The lowest BCUT2D eigenvalue weighted by atomic mass is 9.82. The van der Waals surface area contributed by atoms with Crippen molar-refractivity contribution >= 4 is 26.5 Å². The number of nitrogens with two attached hydrogens (primary N) is 1. The molecule has 0 aromatic heterocycles. The molecule has 2 N–H and O–H groups in total. The molecule has 0 saturated carbocycles. The molecule has 0 bridgehead atoms. The number of carbonyl (C=O) groups excluding carboxylic acids is 1. The van der Waals surface area contributed by atoms with Crippen LogP contribution in [0.4, 0.5) is 0 Å². The number of benzene rings is 2. The van der Waals surface area contributed by atoms with E-state index in [4.69, 9.17) is 10.5 Å². The number of ether oxygens (including phenoxy) is 1. The first-order valence-corrected chi connectivity index (χ1v) is 10.5. The van der Waals surface area contributed by atoms with Gasteiger partial charge in [0.1, 0.15) is 4.75 Å².